The van der Waals surface area contributed by atoms with Crippen molar-refractivity contribution in [3.8, 4) is 5.75 Å². The lowest BCUT2D eigenvalue weighted by molar-refractivity contribution is 0.247. The van der Waals surface area contributed by atoms with Crippen molar-refractivity contribution in [1.29, 1.82) is 0 Å². The van der Waals surface area contributed by atoms with Crippen molar-refractivity contribution in [2.24, 2.45) is 0 Å². The summed E-state index contributed by atoms with van der Waals surface area (Å²) in [5.41, 5.74) is 3.98. The van der Waals surface area contributed by atoms with Crippen LogP contribution in [0.4, 0.5) is 0 Å². The molecule has 0 spiro atoms. The minimum atomic E-state index is 0.210. The van der Waals surface area contributed by atoms with E-state index in [4.69, 9.17) is 4.74 Å². The van der Waals surface area contributed by atoms with Crippen molar-refractivity contribution in [3.63, 3.8) is 0 Å². The number of hydrogen-bond donors (Lipinski definition) is 1. The topological polar surface area (TPSA) is 59.9 Å². The summed E-state index contributed by atoms with van der Waals surface area (Å²) in [5.74, 6) is 0.886. The Balaban J connectivity index is 1.70. The van der Waals surface area contributed by atoms with Gasteiger partial charge in [-0.15, -0.1) is 0 Å². The zero-order chi connectivity index (χ0) is 14.7. The van der Waals surface area contributed by atoms with Crippen LogP contribution in [0.1, 0.15) is 42.2 Å². The van der Waals surface area contributed by atoms with Crippen LogP contribution >= 0.6 is 0 Å². The Kier molecular flexibility index (Phi) is 4.10. The number of nitrogens with zero attached hydrogens (tertiary/aromatic N) is 3. The van der Waals surface area contributed by atoms with E-state index >= 15 is 0 Å². The first-order valence-electron chi connectivity index (χ1n) is 7.41. The molecule has 1 N–H and O–H groups in total. The van der Waals surface area contributed by atoms with Crippen LogP contribution in [0.25, 0.3) is 0 Å². The Bertz CT molecular complexity index is 612. The SMILES string of the molecule is CCc1ccc(CNC2CCOc3ccc(C)nc32)nn1. The van der Waals surface area contributed by atoms with Crippen LogP contribution in [0, 0.1) is 6.92 Å². The average Bonchev–Trinajstić information content (AvgIpc) is 2.53. The molecule has 0 amide bonds. The molecule has 1 unspecified atom stereocenters. The summed E-state index contributed by atoms with van der Waals surface area (Å²) in [4.78, 5) is 4.61. The van der Waals surface area contributed by atoms with E-state index in [2.05, 4.69) is 27.4 Å². The van der Waals surface area contributed by atoms with E-state index in [0.717, 1.165) is 48.0 Å². The molecule has 0 fully saturated rings. The van der Waals surface area contributed by atoms with E-state index in [1.807, 2.05) is 31.2 Å². The summed E-state index contributed by atoms with van der Waals surface area (Å²) in [6, 6.07) is 8.26. The molecule has 3 rings (SSSR count). The highest BCUT2D eigenvalue weighted by atomic mass is 16.5. The van der Waals surface area contributed by atoms with Crippen molar-refractivity contribution in [2.75, 3.05) is 6.61 Å². The molecule has 0 saturated heterocycles. The van der Waals surface area contributed by atoms with Gasteiger partial charge in [-0.2, -0.15) is 10.2 Å². The number of pyridine rings is 1. The molecule has 0 saturated carbocycles. The van der Waals surface area contributed by atoms with Gasteiger partial charge in [0.1, 0.15) is 5.75 Å². The van der Waals surface area contributed by atoms with E-state index in [9.17, 15) is 0 Å². The molecule has 2 aromatic heterocycles. The van der Waals surface area contributed by atoms with E-state index in [0.29, 0.717) is 6.54 Å². The minimum absolute atomic E-state index is 0.210. The lowest BCUT2D eigenvalue weighted by atomic mass is 10.1. The van der Waals surface area contributed by atoms with Crippen LogP contribution in [0.15, 0.2) is 24.3 Å². The van der Waals surface area contributed by atoms with Gasteiger partial charge in [0.2, 0.25) is 0 Å². The Morgan fingerprint density at radius 3 is 2.76 bits per heavy atom. The molecule has 0 aromatic carbocycles. The van der Waals surface area contributed by atoms with Gasteiger partial charge in [0.05, 0.1) is 29.7 Å². The van der Waals surface area contributed by atoms with Gasteiger partial charge >= 0.3 is 0 Å². The first-order chi connectivity index (χ1) is 10.3. The van der Waals surface area contributed by atoms with Crippen LogP contribution in [0.5, 0.6) is 5.75 Å². The van der Waals surface area contributed by atoms with Crippen molar-refractivity contribution in [2.45, 2.75) is 39.3 Å². The lowest BCUT2D eigenvalue weighted by Crippen LogP contribution is -2.28. The number of nitrogens with one attached hydrogen (secondary N) is 1. The lowest BCUT2D eigenvalue weighted by Gasteiger charge is -2.25. The maximum Gasteiger partial charge on any atom is 0.142 e. The summed E-state index contributed by atoms with van der Waals surface area (Å²) in [5, 5.41) is 11.9. The zero-order valence-corrected chi connectivity index (χ0v) is 12.5. The highest BCUT2D eigenvalue weighted by Crippen LogP contribution is 2.30. The van der Waals surface area contributed by atoms with Gasteiger partial charge in [0.15, 0.2) is 0 Å². The van der Waals surface area contributed by atoms with E-state index < -0.39 is 0 Å². The molecule has 110 valence electrons. The summed E-state index contributed by atoms with van der Waals surface area (Å²) in [6.45, 7) is 5.49. The van der Waals surface area contributed by atoms with Crippen LogP contribution in [0.2, 0.25) is 0 Å². The largest absolute Gasteiger partial charge is 0.492 e. The summed E-state index contributed by atoms with van der Waals surface area (Å²) >= 11 is 0. The number of fused-ring (bicyclic) bond motifs is 1. The number of hydrogen-bond acceptors (Lipinski definition) is 5. The van der Waals surface area contributed by atoms with E-state index in [1.165, 1.54) is 0 Å². The van der Waals surface area contributed by atoms with Crippen LogP contribution in [-0.4, -0.2) is 21.8 Å². The second kappa shape index (κ2) is 6.18. The summed E-state index contributed by atoms with van der Waals surface area (Å²) in [7, 11) is 0. The van der Waals surface area contributed by atoms with Crippen molar-refractivity contribution in [3.05, 3.63) is 47.0 Å². The number of rotatable bonds is 4. The fourth-order valence-electron chi connectivity index (χ4n) is 2.46. The Labute approximate surface area is 124 Å². The normalized spacial score (nSPS) is 17.1. The molecule has 2 aromatic rings. The third-order valence-electron chi connectivity index (χ3n) is 3.69. The Hall–Kier alpha value is -2.01. The molecule has 21 heavy (non-hydrogen) atoms. The van der Waals surface area contributed by atoms with Gasteiger partial charge in [-0.05, 0) is 37.6 Å². The third kappa shape index (κ3) is 3.19. The van der Waals surface area contributed by atoms with Crippen LogP contribution < -0.4 is 10.1 Å². The Morgan fingerprint density at radius 2 is 2.00 bits per heavy atom. The van der Waals surface area contributed by atoms with Crippen molar-refractivity contribution in [1.82, 2.24) is 20.5 Å². The van der Waals surface area contributed by atoms with Crippen molar-refractivity contribution < 1.29 is 4.74 Å². The van der Waals surface area contributed by atoms with E-state index in [1.54, 1.807) is 0 Å². The number of ether oxygens (including phenoxy) is 1. The molecule has 5 heteroatoms. The molecule has 5 nitrogen and oxygen atoms in total. The fourth-order valence-corrected chi connectivity index (χ4v) is 2.46. The molecule has 1 aliphatic heterocycles. The molecule has 1 atom stereocenters. The van der Waals surface area contributed by atoms with E-state index in [-0.39, 0.29) is 6.04 Å². The average molecular weight is 284 g/mol. The zero-order valence-electron chi connectivity index (χ0n) is 12.5. The second-order valence-corrected chi connectivity index (χ2v) is 5.28. The molecular weight excluding hydrogens is 264 g/mol. The monoisotopic (exact) mass is 284 g/mol. The van der Waals surface area contributed by atoms with Crippen LogP contribution in [0.3, 0.4) is 0 Å². The molecule has 3 heterocycles. The quantitative estimate of drug-likeness (QED) is 0.934. The molecule has 0 aliphatic carbocycles. The highest BCUT2D eigenvalue weighted by Gasteiger charge is 2.22. The van der Waals surface area contributed by atoms with Gasteiger partial charge in [0, 0.05) is 18.7 Å². The first kappa shape index (κ1) is 13.9. The predicted molar refractivity (Wildman–Crippen MR) is 80.1 cm³/mol. The molecule has 1 aliphatic rings. The van der Waals surface area contributed by atoms with Crippen molar-refractivity contribution >= 4 is 0 Å². The molecular formula is C16H20N4O. The van der Waals surface area contributed by atoms with Crippen LogP contribution in [-0.2, 0) is 13.0 Å². The molecule has 0 bridgehead atoms. The standard InChI is InChI=1S/C16H20N4O/c1-3-12-5-6-13(20-19-12)10-17-14-8-9-21-15-7-4-11(2)18-16(14)15/h4-7,14,17H,3,8-10H2,1-2H3. The van der Waals surface area contributed by atoms with Gasteiger partial charge in [0.25, 0.3) is 0 Å². The minimum Gasteiger partial charge on any atom is -0.492 e. The first-order valence-corrected chi connectivity index (χ1v) is 7.41. The molecule has 0 radical (unpaired) electrons. The second-order valence-electron chi connectivity index (χ2n) is 5.28. The number of aryl methyl sites for hydroxylation is 2. The number of aromatic nitrogens is 3. The Morgan fingerprint density at radius 1 is 1.19 bits per heavy atom. The van der Waals surface area contributed by atoms with Gasteiger partial charge < -0.3 is 10.1 Å². The summed E-state index contributed by atoms with van der Waals surface area (Å²) < 4.78 is 5.66. The highest BCUT2D eigenvalue weighted by molar-refractivity contribution is 5.33. The fraction of sp³-hybridized carbons (Fsp3) is 0.438. The van der Waals surface area contributed by atoms with Gasteiger partial charge in [-0.3, -0.25) is 4.98 Å². The van der Waals surface area contributed by atoms with Gasteiger partial charge in [-0.25, -0.2) is 0 Å². The maximum absolute atomic E-state index is 5.66. The third-order valence-corrected chi connectivity index (χ3v) is 3.69. The smallest absolute Gasteiger partial charge is 0.142 e. The maximum atomic E-state index is 5.66. The summed E-state index contributed by atoms with van der Waals surface area (Å²) in [6.07, 6.45) is 1.83. The predicted octanol–water partition coefficient (Wildman–Crippen LogP) is 2.36. The van der Waals surface area contributed by atoms with Gasteiger partial charge in [-0.1, -0.05) is 6.92 Å².